The molecule has 8 heteroatoms. The maximum atomic E-state index is 11.8. The molecule has 0 unspecified atom stereocenters. The second kappa shape index (κ2) is 8.55. The Balaban J connectivity index is 1.64. The van der Waals surface area contributed by atoms with Crippen molar-refractivity contribution < 1.29 is 9.53 Å². The lowest BCUT2D eigenvalue weighted by atomic mass is 10.1. The number of rotatable bonds is 3. The van der Waals surface area contributed by atoms with E-state index in [0.717, 1.165) is 28.0 Å². The van der Waals surface area contributed by atoms with Crippen molar-refractivity contribution in [1.82, 2.24) is 24.9 Å². The fourth-order valence-corrected chi connectivity index (χ4v) is 3.23. The average Bonchev–Trinajstić information content (AvgIpc) is 3.24. The van der Waals surface area contributed by atoms with Crippen LogP contribution in [0.5, 0.6) is 0 Å². The molecule has 0 spiro atoms. The van der Waals surface area contributed by atoms with Crippen molar-refractivity contribution >= 4 is 34.3 Å². The molecule has 8 nitrogen and oxygen atoms in total. The van der Waals surface area contributed by atoms with E-state index < -0.39 is 11.7 Å². The standard InChI is InChI=1S/C24H24N6O2/c1-24(2,3)32-23(31)25-14-8-9-17-12-13-19-20(15-17)30-16-26-28-22(30)27-21(19)29(4)18-10-6-5-7-11-18/h5-7,10-13,15-16H,14H2,1-4H3,(H,25,31). The molecule has 0 aliphatic carbocycles. The van der Waals surface area contributed by atoms with Gasteiger partial charge in [0.25, 0.3) is 5.78 Å². The van der Waals surface area contributed by atoms with Gasteiger partial charge in [-0.05, 0) is 51.1 Å². The number of hydrogen-bond donors (Lipinski definition) is 1. The Morgan fingerprint density at radius 3 is 2.72 bits per heavy atom. The van der Waals surface area contributed by atoms with Gasteiger partial charge in [0.15, 0.2) is 0 Å². The summed E-state index contributed by atoms with van der Waals surface area (Å²) in [5.41, 5.74) is 2.17. The number of carbonyl (C=O) groups excluding carboxylic acids is 1. The number of aromatic nitrogens is 4. The summed E-state index contributed by atoms with van der Waals surface area (Å²) < 4.78 is 7.05. The summed E-state index contributed by atoms with van der Waals surface area (Å²) in [5.74, 6) is 7.33. The zero-order chi connectivity index (χ0) is 22.7. The first-order chi connectivity index (χ1) is 15.3. The second-order valence-electron chi connectivity index (χ2n) is 8.22. The zero-order valence-corrected chi connectivity index (χ0v) is 18.5. The van der Waals surface area contributed by atoms with Crippen LogP contribution in [-0.2, 0) is 4.74 Å². The van der Waals surface area contributed by atoms with E-state index in [9.17, 15) is 4.79 Å². The second-order valence-corrected chi connectivity index (χ2v) is 8.22. The number of amides is 1. The lowest BCUT2D eigenvalue weighted by Crippen LogP contribution is -2.32. The maximum Gasteiger partial charge on any atom is 0.408 e. The molecule has 0 radical (unpaired) electrons. The van der Waals surface area contributed by atoms with Gasteiger partial charge in [0.2, 0.25) is 0 Å². The van der Waals surface area contributed by atoms with Gasteiger partial charge in [-0.25, -0.2) is 4.79 Å². The minimum Gasteiger partial charge on any atom is -0.444 e. The SMILES string of the molecule is CN(c1ccccc1)c1nc2nncn2c2cc(C#CCNC(=O)OC(C)(C)C)ccc12. The predicted molar refractivity (Wildman–Crippen MR) is 124 cm³/mol. The fourth-order valence-electron chi connectivity index (χ4n) is 3.23. The number of hydrogen-bond acceptors (Lipinski definition) is 6. The summed E-state index contributed by atoms with van der Waals surface area (Å²) >= 11 is 0. The van der Waals surface area contributed by atoms with Crippen LogP contribution in [0.4, 0.5) is 16.3 Å². The molecule has 0 bridgehead atoms. The Kier molecular flexibility index (Phi) is 5.65. The molecular weight excluding hydrogens is 404 g/mol. The smallest absolute Gasteiger partial charge is 0.408 e. The predicted octanol–water partition coefficient (Wildman–Crippen LogP) is 3.92. The number of alkyl carbamates (subject to hydrolysis) is 1. The largest absolute Gasteiger partial charge is 0.444 e. The lowest BCUT2D eigenvalue weighted by molar-refractivity contribution is 0.0535. The highest BCUT2D eigenvalue weighted by Crippen LogP contribution is 2.30. The molecule has 0 fully saturated rings. The van der Waals surface area contributed by atoms with Crippen LogP contribution >= 0.6 is 0 Å². The first-order valence-corrected chi connectivity index (χ1v) is 10.2. The van der Waals surface area contributed by atoms with E-state index in [4.69, 9.17) is 9.72 Å². The third kappa shape index (κ3) is 4.62. The molecule has 0 saturated heterocycles. The first kappa shape index (κ1) is 21.1. The number of nitrogens with one attached hydrogen (secondary N) is 1. The molecule has 32 heavy (non-hydrogen) atoms. The highest BCUT2D eigenvalue weighted by Gasteiger charge is 2.16. The minimum absolute atomic E-state index is 0.188. The Morgan fingerprint density at radius 1 is 1.19 bits per heavy atom. The summed E-state index contributed by atoms with van der Waals surface area (Å²) in [6, 6.07) is 15.9. The van der Waals surface area contributed by atoms with Gasteiger partial charge >= 0.3 is 6.09 Å². The molecule has 4 aromatic rings. The molecule has 2 heterocycles. The number of anilines is 2. The van der Waals surface area contributed by atoms with Crippen molar-refractivity contribution in [2.24, 2.45) is 0 Å². The van der Waals surface area contributed by atoms with E-state index in [1.54, 1.807) is 6.33 Å². The van der Waals surface area contributed by atoms with Crippen molar-refractivity contribution in [2.75, 3.05) is 18.5 Å². The van der Waals surface area contributed by atoms with Gasteiger partial charge in [-0.3, -0.25) is 4.40 Å². The molecule has 162 valence electrons. The summed E-state index contributed by atoms with van der Waals surface area (Å²) in [5, 5.41) is 11.7. The zero-order valence-electron chi connectivity index (χ0n) is 18.5. The molecule has 1 amide bonds. The summed E-state index contributed by atoms with van der Waals surface area (Å²) in [6.07, 6.45) is 1.15. The summed E-state index contributed by atoms with van der Waals surface area (Å²) in [4.78, 5) is 18.5. The average molecular weight is 428 g/mol. The molecule has 1 N–H and O–H groups in total. The van der Waals surface area contributed by atoms with Gasteiger partial charge in [0.1, 0.15) is 17.7 Å². The molecule has 0 atom stereocenters. The van der Waals surface area contributed by atoms with Gasteiger partial charge in [-0.2, -0.15) is 4.98 Å². The van der Waals surface area contributed by atoms with E-state index in [2.05, 4.69) is 27.4 Å². The molecule has 4 rings (SSSR count). The monoisotopic (exact) mass is 428 g/mol. The van der Waals surface area contributed by atoms with E-state index in [1.165, 1.54) is 0 Å². The van der Waals surface area contributed by atoms with E-state index in [-0.39, 0.29) is 6.54 Å². The van der Waals surface area contributed by atoms with Gasteiger partial charge in [0.05, 0.1) is 12.1 Å². The Bertz CT molecular complexity index is 1330. The van der Waals surface area contributed by atoms with Crippen LogP contribution in [0.3, 0.4) is 0 Å². The molecular formula is C24H24N6O2. The van der Waals surface area contributed by atoms with E-state index in [1.807, 2.05) is 85.7 Å². The molecule has 2 aromatic heterocycles. The quantitative estimate of drug-likeness (QED) is 0.498. The molecule has 2 aromatic carbocycles. The van der Waals surface area contributed by atoms with Crippen LogP contribution in [-0.4, -0.2) is 44.9 Å². The van der Waals surface area contributed by atoms with Crippen molar-refractivity contribution in [3.05, 3.63) is 60.4 Å². The number of ether oxygens (including phenoxy) is 1. The van der Waals surface area contributed by atoms with Crippen molar-refractivity contribution in [3.8, 4) is 11.8 Å². The fraction of sp³-hybridized carbons (Fsp3) is 0.250. The minimum atomic E-state index is -0.543. The van der Waals surface area contributed by atoms with Crippen molar-refractivity contribution in [1.29, 1.82) is 0 Å². The number of carbonyl (C=O) groups is 1. The molecule has 0 saturated carbocycles. The number of nitrogens with zero attached hydrogens (tertiary/aromatic N) is 5. The van der Waals surface area contributed by atoms with Gasteiger partial charge in [0, 0.05) is 23.7 Å². The highest BCUT2D eigenvalue weighted by atomic mass is 16.6. The van der Waals surface area contributed by atoms with Crippen LogP contribution in [0.2, 0.25) is 0 Å². The van der Waals surface area contributed by atoms with Gasteiger partial charge in [-0.15, -0.1) is 10.2 Å². The highest BCUT2D eigenvalue weighted by molar-refractivity contribution is 5.94. The number of fused-ring (bicyclic) bond motifs is 3. The van der Waals surface area contributed by atoms with Crippen LogP contribution in [0.1, 0.15) is 26.3 Å². The Hall–Kier alpha value is -4.12. The normalized spacial score (nSPS) is 11.1. The number of benzene rings is 2. The molecule has 0 aliphatic heterocycles. The van der Waals surface area contributed by atoms with Crippen LogP contribution < -0.4 is 10.2 Å². The van der Waals surface area contributed by atoms with Crippen LogP contribution in [0.25, 0.3) is 16.7 Å². The van der Waals surface area contributed by atoms with E-state index in [0.29, 0.717) is 5.78 Å². The first-order valence-electron chi connectivity index (χ1n) is 10.2. The third-order valence-electron chi connectivity index (χ3n) is 4.65. The maximum absolute atomic E-state index is 11.8. The van der Waals surface area contributed by atoms with Crippen LogP contribution in [0, 0.1) is 11.8 Å². The Morgan fingerprint density at radius 2 is 1.97 bits per heavy atom. The van der Waals surface area contributed by atoms with Gasteiger partial charge in [-0.1, -0.05) is 30.0 Å². The topological polar surface area (TPSA) is 84.7 Å². The third-order valence-corrected chi connectivity index (χ3v) is 4.65. The number of para-hydroxylation sites is 1. The summed E-state index contributed by atoms with van der Waals surface area (Å²) in [6.45, 7) is 5.64. The van der Waals surface area contributed by atoms with Gasteiger partial charge < -0.3 is 15.0 Å². The summed E-state index contributed by atoms with van der Waals surface area (Å²) in [7, 11) is 1.97. The van der Waals surface area contributed by atoms with Crippen molar-refractivity contribution in [3.63, 3.8) is 0 Å². The molecule has 0 aliphatic rings. The van der Waals surface area contributed by atoms with E-state index >= 15 is 0 Å². The van der Waals surface area contributed by atoms with Crippen molar-refractivity contribution in [2.45, 2.75) is 26.4 Å². The lowest BCUT2D eigenvalue weighted by Gasteiger charge is -2.20. The van der Waals surface area contributed by atoms with Crippen LogP contribution in [0.15, 0.2) is 54.9 Å². The Labute approximate surface area is 186 Å².